The summed E-state index contributed by atoms with van der Waals surface area (Å²) in [5, 5.41) is 0. The third kappa shape index (κ3) is 43.0. The fraction of sp³-hybridized carbons (Fsp3) is 0.860. The molecule has 1 atom stereocenters. The van der Waals surface area contributed by atoms with Crippen molar-refractivity contribution in [2.45, 2.75) is 264 Å². The topological polar surface area (TPSA) is 78.9 Å². The molecule has 0 aromatic carbocycles. The Bertz CT molecular complexity index is 911. The molecule has 0 aliphatic carbocycles. The van der Waals surface area contributed by atoms with Crippen molar-refractivity contribution in [1.82, 2.24) is 0 Å². The summed E-state index contributed by atoms with van der Waals surface area (Å²) >= 11 is 0. The Morgan fingerprint density at radius 2 is 0.679 bits per heavy atom. The van der Waals surface area contributed by atoms with Gasteiger partial charge in [-0.1, -0.05) is 218 Å². The van der Waals surface area contributed by atoms with Crippen molar-refractivity contribution in [2.24, 2.45) is 0 Å². The number of ether oxygens (including phenoxy) is 3. The number of carbonyl (C=O) groups is 3. The molecule has 0 amide bonds. The molecule has 0 radical (unpaired) electrons. The molecule has 0 heterocycles. The van der Waals surface area contributed by atoms with Crippen LogP contribution in [0.3, 0.4) is 0 Å². The molecule has 0 fully saturated rings. The minimum atomic E-state index is -0.770. The first-order chi connectivity index (χ1) is 27.5. The molecule has 0 aromatic heterocycles. The maximum Gasteiger partial charge on any atom is 0.306 e. The quantitative estimate of drug-likeness (QED) is 0.0265. The van der Waals surface area contributed by atoms with Crippen LogP contribution in [0.5, 0.6) is 0 Å². The molecule has 56 heavy (non-hydrogen) atoms. The highest BCUT2D eigenvalue weighted by molar-refractivity contribution is 5.71. The highest BCUT2D eigenvalue weighted by Crippen LogP contribution is 2.16. The molecule has 1 unspecified atom stereocenters. The summed E-state index contributed by atoms with van der Waals surface area (Å²) in [5.41, 5.74) is 0. The maximum absolute atomic E-state index is 12.7. The van der Waals surface area contributed by atoms with Gasteiger partial charge >= 0.3 is 17.9 Å². The lowest BCUT2D eigenvalue weighted by molar-refractivity contribution is -0.167. The summed E-state index contributed by atoms with van der Waals surface area (Å²) in [6, 6.07) is 0. The van der Waals surface area contributed by atoms with Crippen molar-refractivity contribution in [2.75, 3.05) is 13.2 Å². The zero-order valence-electron chi connectivity index (χ0n) is 37.4. The van der Waals surface area contributed by atoms with Gasteiger partial charge in [-0.25, -0.2) is 0 Å². The van der Waals surface area contributed by atoms with E-state index >= 15 is 0 Å². The third-order valence-corrected chi connectivity index (χ3v) is 10.7. The summed E-state index contributed by atoms with van der Waals surface area (Å²) in [7, 11) is 0. The average molecular weight is 789 g/mol. The lowest BCUT2D eigenvalue weighted by Crippen LogP contribution is -2.30. The van der Waals surface area contributed by atoms with Crippen molar-refractivity contribution < 1.29 is 28.6 Å². The van der Waals surface area contributed by atoms with Crippen molar-refractivity contribution in [3.05, 3.63) is 24.3 Å². The Kier molecular flexibility index (Phi) is 43.9. The van der Waals surface area contributed by atoms with Crippen LogP contribution in [0.4, 0.5) is 0 Å². The van der Waals surface area contributed by atoms with E-state index in [2.05, 4.69) is 45.1 Å². The highest BCUT2D eigenvalue weighted by atomic mass is 16.6. The lowest BCUT2D eigenvalue weighted by atomic mass is 10.0. The van der Waals surface area contributed by atoms with Crippen LogP contribution in [0, 0.1) is 0 Å². The van der Waals surface area contributed by atoms with Gasteiger partial charge in [-0.05, 0) is 44.9 Å². The van der Waals surface area contributed by atoms with Crippen LogP contribution in [0.2, 0.25) is 0 Å². The van der Waals surface area contributed by atoms with Crippen LogP contribution in [0.25, 0.3) is 0 Å². The first-order valence-corrected chi connectivity index (χ1v) is 24.3. The van der Waals surface area contributed by atoms with Gasteiger partial charge in [-0.2, -0.15) is 0 Å². The molecular weight excluding hydrogens is 697 g/mol. The summed E-state index contributed by atoms with van der Waals surface area (Å²) in [6.07, 6.45) is 50.2. The van der Waals surface area contributed by atoms with E-state index in [9.17, 15) is 14.4 Å². The number of hydrogen-bond donors (Lipinski definition) is 0. The van der Waals surface area contributed by atoms with Crippen LogP contribution >= 0.6 is 0 Å². The number of hydrogen-bond acceptors (Lipinski definition) is 6. The molecule has 0 aliphatic heterocycles. The van der Waals surface area contributed by atoms with Crippen molar-refractivity contribution in [3.63, 3.8) is 0 Å². The number of unbranched alkanes of at least 4 members (excludes halogenated alkanes) is 29. The molecule has 0 spiro atoms. The lowest BCUT2D eigenvalue weighted by Gasteiger charge is -2.18. The number of esters is 3. The van der Waals surface area contributed by atoms with Gasteiger partial charge in [0.05, 0.1) is 0 Å². The van der Waals surface area contributed by atoms with E-state index in [1.54, 1.807) is 0 Å². The maximum atomic E-state index is 12.7. The van der Waals surface area contributed by atoms with Crippen molar-refractivity contribution in [3.8, 4) is 0 Å². The molecule has 0 N–H and O–H groups in total. The van der Waals surface area contributed by atoms with Crippen LogP contribution in [-0.4, -0.2) is 37.2 Å². The van der Waals surface area contributed by atoms with E-state index in [4.69, 9.17) is 14.2 Å². The molecule has 6 nitrogen and oxygen atoms in total. The molecular formula is C50H92O6. The standard InChI is InChI=1S/C50H92O6/c1-4-7-10-13-16-19-21-23-24-25-26-28-29-31-34-37-40-43-49(52)55-46-47(45-54-48(51)42-39-36-33-18-15-12-9-6-3)56-50(53)44-41-38-35-32-30-27-22-20-17-14-11-8-5-2/h11,14,20,22,47H,4-10,12-13,15-19,21,23-46H2,1-3H3/b14-11-,22-20-. The van der Waals surface area contributed by atoms with E-state index in [1.807, 2.05) is 0 Å². The minimum Gasteiger partial charge on any atom is -0.462 e. The molecule has 6 heteroatoms. The van der Waals surface area contributed by atoms with E-state index in [1.165, 1.54) is 128 Å². The van der Waals surface area contributed by atoms with Crippen molar-refractivity contribution >= 4 is 17.9 Å². The minimum absolute atomic E-state index is 0.0729. The van der Waals surface area contributed by atoms with Gasteiger partial charge in [0, 0.05) is 19.3 Å². The molecule has 0 aliphatic rings. The molecule has 328 valence electrons. The molecule has 0 aromatic rings. The molecule has 0 saturated carbocycles. The fourth-order valence-corrected chi connectivity index (χ4v) is 7.01. The smallest absolute Gasteiger partial charge is 0.306 e. The van der Waals surface area contributed by atoms with E-state index in [0.29, 0.717) is 19.3 Å². The summed E-state index contributed by atoms with van der Waals surface area (Å²) in [4.78, 5) is 37.7. The summed E-state index contributed by atoms with van der Waals surface area (Å²) in [5.74, 6) is -0.882. The predicted octanol–water partition coefficient (Wildman–Crippen LogP) is 15.6. The number of carbonyl (C=O) groups excluding carboxylic acids is 3. The number of rotatable bonds is 44. The van der Waals surface area contributed by atoms with Crippen LogP contribution in [-0.2, 0) is 28.6 Å². The van der Waals surface area contributed by atoms with Gasteiger partial charge in [0.1, 0.15) is 13.2 Å². The van der Waals surface area contributed by atoms with Gasteiger partial charge in [0.25, 0.3) is 0 Å². The number of allylic oxidation sites excluding steroid dienone is 4. The molecule has 0 bridgehead atoms. The third-order valence-electron chi connectivity index (χ3n) is 10.7. The predicted molar refractivity (Wildman–Crippen MR) is 238 cm³/mol. The fourth-order valence-electron chi connectivity index (χ4n) is 7.01. The van der Waals surface area contributed by atoms with Gasteiger partial charge in [-0.3, -0.25) is 14.4 Å². The van der Waals surface area contributed by atoms with Gasteiger partial charge in [-0.15, -0.1) is 0 Å². The van der Waals surface area contributed by atoms with Gasteiger partial charge in [0.2, 0.25) is 0 Å². The van der Waals surface area contributed by atoms with Crippen molar-refractivity contribution in [1.29, 1.82) is 0 Å². The second-order valence-corrected chi connectivity index (χ2v) is 16.4. The van der Waals surface area contributed by atoms with Crippen LogP contribution in [0.15, 0.2) is 24.3 Å². The Hall–Kier alpha value is -2.11. The normalized spacial score (nSPS) is 12.1. The second-order valence-electron chi connectivity index (χ2n) is 16.4. The van der Waals surface area contributed by atoms with E-state index < -0.39 is 6.10 Å². The van der Waals surface area contributed by atoms with Crippen LogP contribution < -0.4 is 0 Å². The summed E-state index contributed by atoms with van der Waals surface area (Å²) in [6.45, 7) is 6.55. The summed E-state index contributed by atoms with van der Waals surface area (Å²) < 4.78 is 16.7. The zero-order chi connectivity index (χ0) is 40.8. The zero-order valence-corrected chi connectivity index (χ0v) is 37.4. The second kappa shape index (κ2) is 45.6. The van der Waals surface area contributed by atoms with Gasteiger partial charge in [0.15, 0.2) is 6.10 Å². The van der Waals surface area contributed by atoms with Crippen LogP contribution in [0.1, 0.15) is 258 Å². The van der Waals surface area contributed by atoms with E-state index in [0.717, 1.165) is 89.9 Å². The Balaban J connectivity index is 4.27. The molecule has 0 saturated heterocycles. The first kappa shape index (κ1) is 53.9. The molecule has 0 rings (SSSR count). The van der Waals surface area contributed by atoms with E-state index in [-0.39, 0.29) is 31.1 Å². The first-order valence-electron chi connectivity index (χ1n) is 24.3. The average Bonchev–Trinajstić information content (AvgIpc) is 3.19. The monoisotopic (exact) mass is 789 g/mol. The Morgan fingerprint density at radius 1 is 0.357 bits per heavy atom. The highest BCUT2D eigenvalue weighted by Gasteiger charge is 2.19. The van der Waals surface area contributed by atoms with Gasteiger partial charge < -0.3 is 14.2 Å². The SMILES string of the molecule is CCC/C=C\C/C=C\CCCCCCCC(=O)OC(COC(=O)CCCCCCCCCC)COC(=O)CCCCCCCCCCCCCCCCCCC. The largest absolute Gasteiger partial charge is 0.462 e. The Labute approximate surface area is 347 Å². The Morgan fingerprint density at radius 3 is 1.05 bits per heavy atom.